The maximum atomic E-state index is 10.7. The number of carboxylic acid groups (broad SMARTS) is 1. The van der Waals surface area contributed by atoms with Crippen LogP contribution in [0.25, 0.3) is 0 Å². The summed E-state index contributed by atoms with van der Waals surface area (Å²) in [5, 5.41) is 17.2. The lowest BCUT2D eigenvalue weighted by molar-refractivity contribution is -0.290. The van der Waals surface area contributed by atoms with Crippen LogP contribution in [-0.2, 0) is 9.68 Å². The van der Waals surface area contributed by atoms with Crippen LogP contribution in [0, 0.1) is 5.92 Å². The van der Waals surface area contributed by atoms with Crippen LogP contribution in [0.2, 0.25) is 0 Å². The lowest BCUT2D eigenvalue weighted by Crippen LogP contribution is -2.28. The molecule has 0 aromatic rings. The molecule has 1 aliphatic rings. The van der Waals surface area contributed by atoms with Gasteiger partial charge in [-0.25, -0.2) is 4.89 Å². The molecule has 1 fully saturated rings. The molecule has 2 atom stereocenters. The second kappa shape index (κ2) is 4.42. The summed E-state index contributed by atoms with van der Waals surface area (Å²) in [7, 11) is 0. The maximum Gasteiger partial charge on any atom is 0.309 e. The minimum atomic E-state index is -0.865. The van der Waals surface area contributed by atoms with Crippen molar-refractivity contribution >= 4 is 5.97 Å². The van der Waals surface area contributed by atoms with Crippen molar-refractivity contribution in [1.82, 2.24) is 0 Å². The Balaban J connectivity index is 2.57. The smallest absolute Gasteiger partial charge is 0.309 e. The molecular formula is C8H14O4. The average molecular weight is 174 g/mol. The molecular weight excluding hydrogens is 160 g/mol. The highest BCUT2D eigenvalue weighted by Gasteiger charge is 2.30. The molecule has 0 spiro atoms. The topological polar surface area (TPSA) is 66.8 Å². The van der Waals surface area contributed by atoms with Crippen molar-refractivity contribution in [3.8, 4) is 0 Å². The highest BCUT2D eigenvalue weighted by Crippen LogP contribution is 2.25. The van der Waals surface area contributed by atoms with Gasteiger partial charge in [-0.1, -0.05) is 19.3 Å². The van der Waals surface area contributed by atoms with Gasteiger partial charge in [0.05, 0.1) is 5.92 Å². The number of rotatable bonds is 2. The highest BCUT2D eigenvalue weighted by molar-refractivity contribution is 5.70. The van der Waals surface area contributed by atoms with Crippen LogP contribution in [0.1, 0.15) is 32.1 Å². The number of hydrogen-bond acceptors (Lipinski definition) is 3. The molecule has 0 aromatic carbocycles. The molecule has 2 N–H and O–H groups in total. The zero-order chi connectivity index (χ0) is 8.97. The first-order chi connectivity index (χ1) is 5.75. The van der Waals surface area contributed by atoms with Crippen molar-refractivity contribution in [2.75, 3.05) is 0 Å². The summed E-state index contributed by atoms with van der Waals surface area (Å²) in [4.78, 5) is 14.8. The first kappa shape index (κ1) is 9.48. The third-order valence-electron chi connectivity index (χ3n) is 2.41. The van der Waals surface area contributed by atoms with Gasteiger partial charge in [-0.3, -0.25) is 10.1 Å². The van der Waals surface area contributed by atoms with Crippen molar-refractivity contribution in [3.05, 3.63) is 0 Å². The van der Waals surface area contributed by atoms with Crippen molar-refractivity contribution in [2.24, 2.45) is 5.92 Å². The predicted octanol–water partition coefficient (Wildman–Crippen LogP) is 1.51. The van der Waals surface area contributed by atoms with E-state index in [1.807, 2.05) is 0 Å². The van der Waals surface area contributed by atoms with Crippen LogP contribution >= 0.6 is 0 Å². The summed E-state index contributed by atoms with van der Waals surface area (Å²) in [6.45, 7) is 0. The second-order valence-corrected chi connectivity index (χ2v) is 3.23. The molecule has 0 aromatic heterocycles. The first-order valence-electron chi connectivity index (χ1n) is 4.28. The fourth-order valence-corrected chi connectivity index (χ4v) is 1.68. The summed E-state index contributed by atoms with van der Waals surface area (Å²) < 4.78 is 0. The minimum absolute atomic E-state index is 0.509. The van der Waals surface area contributed by atoms with Crippen LogP contribution in [0.4, 0.5) is 0 Å². The van der Waals surface area contributed by atoms with Gasteiger partial charge in [-0.05, 0) is 12.8 Å². The van der Waals surface area contributed by atoms with Crippen molar-refractivity contribution in [3.63, 3.8) is 0 Å². The number of hydrogen-bond donors (Lipinski definition) is 2. The molecule has 0 bridgehead atoms. The van der Waals surface area contributed by atoms with E-state index in [0.29, 0.717) is 12.8 Å². The molecule has 0 radical (unpaired) electrons. The van der Waals surface area contributed by atoms with E-state index in [1.54, 1.807) is 0 Å². The van der Waals surface area contributed by atoms with Gasteiger partial charge in [0.2, 0.25) is 0 Å². The van der Waals surface area contributed by atoms with E-state index in [0.717, 1.165) is 19.3 Å². The molecule has 1 rings (SSSR count). The molecule has 1 aliphatic carbocycles. The van der Waals surface area contributed by atoms with Crippen molar-refractivity contribution in [1.29, 1.82) is 0 Å². The highest BCUT2D eigenvalue weighted by atomic mass is 17.1. The molecule has 2 unspecified atom stereocenters. The fraction of sp³-hybridized carbons (Fsp3) is 0.875. The van der Waals surface area contributed by atoms with Gasteiger partial charge >= 0.3 is 5.97 Å². The standard InChI is InChI=1S/C8H14O4/c9-8(10)6-4-2-1-3-5-7(6)12-11/h6-7,11H,1-5H2,(H,9,10). The summed E-state index contributed by atoms with van der Waals surface area (Å²) >= 11 is 0. The molecule has 0 aliphatic heterocycles. The van der Waals surface area contributed by atoms with Gasteiger partial charge in [0, 0.05) is 0 Å². The second-order valence-electron chi connectivity index (χ2n) is 3.23. The van der Waals surface area contributed by atoms with Gasteiger partial charge < -0.3 is 5.11 Å². The van der Waals surface area contributed by atoms with Gasteiger partial charge in [0.25, 0.3) is 0 Å². The molecule has 1 saturated carbocycles. The number of carbonyl (C=O) groups is 1. The Labute approximate surface area is 71.1 Å². The van der Waals surface area contributed by atoms with E-state index in [1.165, 1.54) is 0 Å². The van der Waals surface area contributed by atoms with Crippen LogP contribution in [0.15, 0.2) is 0 Å². The van der Waals surface area contributed by atoms with Crippen molar-refractivity contribution < 1.29 is 20.0 Å². The lowest BCUT2D eigenvalue weighted by Gasteiger charge is -2.17. The van der Waals surface area contributed by atoms with Gasteiger partial charge in [-0.2, -0.15) is 0 Å². The van der Waals surface area contributed by atoms with E-state index < -0.39 is 18.0 Å². The largest absolute Gasteiger partial charge is 0.481 e. The number of carboxylic acids is 1. The molecule has 0 amide bonds. The summed E-state index contributed by atoms with van der Waals surface area (Å²) in [6, 6.07) is 0. The van der Waals surface area contributed by atoms with Crippen LogP contribution in [-0.4, -0.2) is 22.4 Å². The van der Waals surface area contributed by atoms with E-state index in [4.69, 9.17) is 10.4 Å². The van der Waals surface area contributed by atoms with Gasteiger partial charge in [-0.15, -0.1) is 0 Å². The van der Waals surface area contributed by atoms with Crippen molar-refractivity contribution in [2.45, 2.75) is 38.2 Å². The monoisotopic (exact) mass is 174 g/mol. The zero-order valence-electron chi connectivity index (χ0n) is 6.90. The van der Waals surface area contributed by atoms with Crippen LogP contribution < -0.4 is 0 Å². The third kappa shape index (κ3) is 2.19. The molecule has 70 valence electrons. The molecule has 0 saturated heterocycles. The maximum absolute atomic E-state index is 10.7. The van der Waals surface area contributed by atoms with Gasteiger partial charge in [0.1, 0.15) is 6.10 Å². The third-order valence-corrected chi connectivity index (χ3v) is 2.41. The zero-order valence-corrected chi connectivity index (χ0v) is 6.90. The van der Waals surface area contributed by atoms with Crippen LogP contribution in [0.5, 0.6) is 0 Å². The Morgan fingerprint density at radius 3 is 2.50 bits per heavy atom. The molecule has 4 heteroatoms. The van der Waals surface area contributed by atoms with Gasteiger partial charge in [0.15, 0.2) is 0 Å². The Bertz CT molecular complexity index is 157. The average Bonchev–Trinajstić information content (AvgIpc) is 2.27. The predicted molar refractivity (Wildman–Crippen MR) is 41.7 cm³/mol. The number of aliphatic carboxylic acids is 1. The van der Waals surface area contributed by atoms with E-state index in [9.17, 15) is 4.79 Å². The summed E-state index contributed by atoms with van der Waals surface area (Å²) in [6.07, 6.45) is 3.63. The normalized spacial score (nSPS) is 31.1. The minimum Gasteiger partial charge on any atom is -0.481 e. The Kier molecular flexibility index (Phi) is 3.49. The van der Waals surface area contributed by atoms with Crippen LogP contribution in [0.3, 0.4) is 0 Å². The SMILES string of the molecule is O=C(O)C1CCCCCC1OO. The Hall–Kier alpha value is -0.610. The fourth-order valence-electron chi connectivity index (χ4n) is 1.68. The Morgan fingerprint density at radius 2 is 1.92 bits per heavy atom. The quantitative estimate of drug-likeness (QED) is 0.378. The summed E-state index contributed by atoms with van der Waals surface area (Å²) in [5.74, 6) is -1.39. The molecule has 0 heterocycles. The molecule has 12 heavy (non-hydrogen) atoms. The van der Waals surface area contributed by atoms with E-state index in [2.05, 4.69) is 4.89 Å². The summed E-state index contributed by atoms with van der Waals surface area (Å²) in [5.41, 5.74) is 0. The molecule has 4 nitrogen and oxygen atoms in total. The first-order valence-corrected chi connectivity index (χ1v) is 4.28. The Morgan fingerprint density at radius 1 is 1.25 bits per heavy atom. The van der Waals surface area contributed by atoms with E-state index >= 15 is 0 Å². The van der Waals surface area contributed by atoms with E-state index in [-0.39, 0.29) is 0 Å². The lowest BCUT2D eigenvalue weighted by atomic mass is 9.98.